The molecule has 0 aliphatic carbocycles. The average Bonchev–Trinajstić information content (AvgIpc) is 2.13. The number of carbonyl (C=O) groups is 1. The Morgan fingerprint density at radius 3 is 2.60 bits per heavy atom. The number of aromatic amines is 1. The molecular formula is C5H6LiN2O2. The van der Waals surface area contributed by atoms with E-state index in [2.05, 4.69) is 9.97 Å². The summed E-state index contributed by atoms with van der Waals surface area (Å²) in [5.74, 6) is -0.992. The van der Waals surface area contributed by atoms with Crippen LogP contribution < -0.4 is 0 Å². The predicted octanol–water partition coefficient (Wildman–Crippen LogP) is 0.0355. The first-order chi connectivity index (χ1) is 4.22. The summed E-state index contributed by atoms with van der Waals surface area (Å²) in [6.07, 6.45) is 1.36. The van der Waals surface area contributed by atoms with Gasteiger partial charge in [-0.05, 0) is 6.92 Å². The molecule has 1 aromatic rings. The van der Waals surface area contributed by atoms with Crippen molar-refractivity contribution >= 4 is 24.8 Å². The molecule has 0 saturated heterocycles. The molecule has 0 saturated carbocycles. The molecular weight excluding hydrogens is 127 g/mol. The quantitative estimate of drug-likeness (QED) is 0.531. The van der Waals surface area contributed by atoms with Crippen molar-refractivity contribution in [2.75, 3.05) is 0 Å². The monoisotopic (exact) mass is 133 g/mol. The molecule has 49 valence electrons. The summed E-state index contributed by atoms with van der Waals surface area (Å²) in [6.45, 7) is 1.66. The van der Waals surface area contributed by atoms with E-state index in [9.17, 15) is 4.79 Å². The Labute approximate surface area is 69.8 Å². The maximum atomic E-state index is 10.2. The molecule has 0 atom stereocenters. The van der Waals surface area contributed by atoms with Crippen molar-refractivity contribution in [2.24, 2.45) is 0 Å². The van der Waals surface area contributed by atoms with Crippen molar-refractivity contribution in [1.29, 1.82) is 0 Å². The molecule has 0 fully saturated rings. The minimum atomic E-state index is -0.992. The standard InChI is InChI=1S/C5H6N2O2.Li/c1-3-4(5(8)9)7-2-6-3;/h2H,1H3,(H,6,7)(H,8,9);. The van der Waals surface area contributed by atoms with Crippen LogP contribution in [0.25, 0.3) is 0 Å². The summed E-state index contributed by atoms with van der Waals surface area (Å²) in [4.78, 5) is 16.4. The molecule has 1 aromatic heterocycles. The van der Waals surface area contributed by atoms with Crippen molar-refractivity contribution in [2.45, 2.75) is 6.92 Å². The Kier molecular flexibility index (Phi) is 3.20. The van der Waals surface area contributed by atoms with Gasteiger partial charge in [-0.25, -0.2) is 9.78 Å². The second-order valence-corrected chi connectivity index (χ2v) is 1.68. The normalized spacial score (nSPS) is 8.50. The fourth-order valence-electron chi connectivity index (χ4n) is 0.574. The van der Waals surface area contributed by atoms with Gasteiger partial charge < -0.3 is 10.1 Å². The molecule has 0 bridgehead atoms. The van der Waals surface area contributed by atoms with Crippen LogP contribution >= 0.6 is 0 Å². The first kappa shape index (κ1) is 9.28. The molecule has 1 radical (unpaired) electrons. The molecule has 0 aliphatic heterocycles. The smallest absolute Gasteiger partial charge is 0.356 e. The zero-order chi connectivity index (χ0) is 6.85. The molecule has 0 unspecified atom stereocenters. The topological polar surface area (TPSA) is 66.0 Å². The number of nitrogens with zero attached hydrogens (tertiary/aromatic N) is 1. The van der Waals surface area contributed by atoms with E-state index in [0.29, 0.717) is 5.69 Å². The first-order valence-electron chi connectivity index (χ1n) is 2.45. The largest absolute Gasteiger partial charge is 0.476 e. The van der Waals surface area contributed by atoms with E-state index in [0.717, 1.165) is 0 Å². The summed E-state index contributed by atoms with van der Waals surface area (Å²) < 4.78 is 0. The Bertz CT molecular complexity index is 233. The number of carboxylic acids is 1. The van der Waals surface area contributed by atoms with Crippen molar-refractivity contribution < 1.29 is 9.90 Å². The maximum Gasteiger partial charge on any atom is 0.356 e. The van der Waals surface area contributed by atoms with Crippen molar-refractivity contribution in [3.8, 4) is 0 Å². The van der Waals surface area contributed by atoms with Gasteiger partial charge in [0.25, 0.3) is 0 Å². The fourth-order valence-corrected chi connectivity index (χ4v) is 0.574. The molecule has 0 aromatic carbocycles. The number of imidazole rings is 1. The summed E-state index contributed by atoms with van der Waals surface area (Å²) in [5.41, 5.74) is 0.678. The minimum Gasteiger partial charge on any atom is -0.476 e. The molecule has 0 spiro atoms. The van der Waals surface area contributed by atoms with Crippen LogP contribution in [0.3, 0.4) is 0 Å². The van der Waals surface area contributed by atoms with E-state index in [-0.39, 0.29) is 24.6 Å². The first-order valence-corrected chi connectivity index (χ1v) is 2.45. The van der Waals surface area contributed by atoms with Crippen LogP contribution in [0.4, 0.5) is 0 Å². The van der Waals surface area contributed by atoms with Crippen molar-refractivity contribution in [3.05, 3.63) is 17.7 Å². The van der Waals surface area contributed by atoms with Crippen LogP contribution in [0, 0.1) is 6.92 Å². The van der Waals surface area contributed by atoms with Gasteiger partial charge >= 0.3 is 5.97 Å². The third kappa shape index (κ3) is 1.63. The van der Waals surface area contributed by atoms with Gasteiger partial charge in [0.2, 0.25) is 0 Å². The summed E-state index contributed by atoms with van der Waals surface area (Å²) >= 11 is 0. The Hall–Kier alpha value is -0.723. The molecule has 4 nitrogen and oxygen atoms in total. The van der Waals surface area contributed by atoms with Crippen molar-refractivity contribution in [1.82, 2.24) is 9.97 Å². The van der Waals surface area contributed by atoms with Crippen LogP contribution in [0.5, 0.6) is 0 Å². The summed E-state index contributed by atoms with van der Waals surface area (Å²) in [6, 6.07) is 0. The number of H-pyrrole nitrogens is 1. The zero-order valence-electron chi connectivity index (χ0n) is 5.88. The van der Waals surface area contributed by atoms with Gasteiger partial charge in [-0.1, -0.05) is 0 Å². The van der Waals surface area contributed by atoms with Gasteiger partial charge in [0, 0.05) is 24.6 Å². The van der Waals surface area contributed by atoms with Crippen molar-refractivity contribution in [3.63, 3.8) is 0 Å². The van der Waals surface area contributed by atoms with Crippen LogP contribution in [-0.2, 0) is 0 Å². The molecule has 10 heavy (non-hydrogen) atoms. The molecule has 1 rings (SSSR count). The summed E-state index contributed by atoms with van der Waals surface area (Å²) in [7, 11) is 0. The van der Waals surface area contributed by atoms with Gasteiger partial charge in [0.15, 0.2) is 5.69 Å². The Morgan fingerprint density at radius 1 is 1.80 bits per heavy atom. The number of hydrogen-bond acceptors (Lipinski definition) is 2. The number of aromatic carboxylic acids is 1. The van der Waals surface area contributed by atoms with E-state index >= 15 is 0 Å². The van der Waals surface area contributed by atoms with Gasteiger partial charge in [0.1, 0.15) is 0 Å². The molecule has 1 heterocycles. The average molecular weight is 133 g/mol. The fraction of sp³-hybridized carbons (Fsp3) is 0.200. The number of hydrogen-bond donors (Lipinski definition) is 2. The number of carboxylic acid groups (broad SMARTS) is 1. The van der Waals surface area contributed by atoms with E-state index in [4.69, 9.17) is 5.11 Å². The van der Waals surface area contributed by atoms with Gasteiger partial charge in [-0.2, -0.15) is 0 Å². The van der Waals surface area contributed by atoms with Crippen LogP contribution in [-0.4, -0.2) is 39.9 Å². The molecule has 5 heteroatoms. The number of aryl methyl sites for hydroxylation is 1. The third-order valence-corrected chi connectivity index (χ3v) is 1.03. The molecule has 0 aliphatic rings. The van der Waals surface area contributed by atoms with Crippen LogP contribution in [0.2, 0.25) is 0 Å². The van der Waals surface area contributed by atoms with Gasteiger partial charge in [-0.15, -0.1) is 0 Å². The Balaban J connectivity index is 0.000000810. The maximum absolute atomic E-state index is 10.2. The van der Waals surface area contributed by atoms with Crippen LogP contribution in [0.1, 0.15) is 16.2 Å². The summed E-state index contributed by atoms with van der Waals surface area (Å²) in [5, 5.41) is 8.37. The number of rotatable bonds is 1. The second-order valence-electron chi connectivity index (χ2n) is 1.68. The zero-order valence-corrected chi connectivity index (χ0v) is 5.88. The van der Waals surface area contributed by atoms with E-state index in [1.807, 2.05) is 0 Å². The molecule has 2 N–H and O–H groups in total. The third-order valence-electron chi connectivity index (χ3n) is 1.03. The van der Waals surface area contributed by atoms with E-state index in [1.165, 1.54) is 6.33 Å². The van der Waals surface area contributed by atoms with Gasteiger partial charge in [0.05, 0.1) is 6.33 Å². The Morgan fingerprint density at radius 2 is 2.40 bits per heavy atom. The number of aromatic nitrogens is 2. The molecule has 0 amide bonds. The van der Waals surface area contributed by atoms with E-state index < -0.39 is 5.97 Å². The SMILES string of the molecule is Cc1[nH]cnc1C(=O)O.[Li]. The van der Waals surface area contributed by atoms with E-state index in [1.54, 1.807) is 6.92 Å². The predicted molar refractivity (Wildman–Crippen MR) is 36.0 cm³/mol. The van der Waals surface area contributed by atoms with Gasteiger partial charge in [-0.3, -0.25) is 0 Å². The second kappa shape index (κ2) is 3.45. The number of nitrogens with one attached hydrogen (secondary N) is 1. The van der Waals surface area contributed by atoms with Crippen LogP contribution in [0.15, 0.2) is 6.33 Å². The minimum absolute atomic E-state index is 0.